The number of aliphatic hydroxyl groups excluding tert-OH is 1. The highest BCUT2D eigenvalue weighted by Gasteiger charge is 2.06. The molecule has 0 spiro atoms. The van der Waals surface area contributed by atoms with Crippen molar-refractivity contribution >= 4 is 0 Å². The molecule has 0 aliphatic carbocycles. The summed E-state index contributed by atoms with van der Waals surface area (Å²) in [6, 6.07) is 4.21. The molecule has 0 fully saturated rings. The molecule has 0 unspecified atom stereocenters. The minimum absolute atomic E-state index is 0.0731. The third-order valence-corrected chi connectivity index (χ3v) is 2.71. The first kappa shape index (κ1) is 12.7. The van der Waals surface area contributed by atoms with E-state index in [2.05, 4.69) is 27.5 Å². The van der Waals surface area contributed by atoms with Gasteiger partial charge in [0.25, 0.3) is 0 Å². The fourth-order valence-electron chi connectivity index (χ4n) is 1.66. The number of pyridine rings is 1. The summed E-state index contributed by atoms with van der Waals surface area (Å²) in [6.07, 6.45) is 5.40. The Bertz CT molecular complexity index is 470. The molecule has 0 aromatic carbocycles. The van der Waals surface area contributed by atoms with E-state index in [0.717, 1.165) is 5.69 Å². The number of hydrogen-bond donors (Lipinski definition) is 2. The van der Waals surface area contributed by atoms with Crippen molar-refractivity contribution in [1.29, 1.82) is 0 Å². The van der Waals surface area contributed by atoms with Crippen LogP contribution < -0.4 is 5.32 Å². The molecule has 18 heavy (non-hydrogen) atoms. The first-order chi connectivity index (χ1) is 8.79. The maximum Gasteiger partial charge on any atom is 0.0965 e. The Balaban J connectivity index is 1.87. The second-order valence-electron chi connectivity index (χ2n) is 4.08. The van der Waals surface area contributed by atoms with Gasteiger partial charge in [0.15, 0.2) is 0 Å². The molecule has 2 aromatic rings. The van der Waals surface area contributed by atoms with E-state index in [1.165, 1.54) is 5.56 Å². The van der Waals surface area contributed by atoms with Gasteiger partial charge in [0.1, 0.15) is 0 Å². The Morgan fingerprint density at radius 2 is 2.17 bits per heavy atom. The Hall–Kier alpha value is -1.79. The fraction of sp³-hybridized carbons (Fsp3) is 0.417. The van der Waals surface area contributed by atoms with Crippen molar-refractivity contribution in [2.24, 2.45) is 0 Å². The lowest BCUT2D eigenvalue weighted by Crippen LogP contribution is -2.18. The van der Waals surface area contributed by atoms with Gasteiger partial charge in [-0.3, -0.25) is 4.98 Å². The van der Waals surface area contributed by atoms with E-state index in [-0.39, 0.29) is 12.6 Å². The average molecular weight is 247 g/mol. The molecule has 96 valence electrons. The minimum atomic E-state index is 0.0731. The van der Waals surface area contributed by atoms with E-state index in [0.29, 0.717) is 13.1 Å². The van der Waals surface area contributed by atoms with Crippen molar-refractivity contribution < 1.29 is 5.11 Å². The molecule has 0 saturated carbocycles. The largest absolute Gasteiger partial charge is 0.394 e. The maximum absolute atomic E-state index is 8.79. The van der Waals surface area contributed by atoms with Crippen LogP contribution in [-0.4, -0.2) is 31.7 Å². The van der Waals surface area contributed by atoms with Gasteiger partial charge >= 0.3 is 0 Å². The van der Waals surface area contributed by atoms with Crippen LogP contribution in [0.4, 0.5) is 0 Å². The minimum Gasteiger partial charge on any atom is -0.394 e. The summed E-state index contributed by atoms with van der Waals surface area (Å²) in [6.45, 7) is 3.29. The molecule has 0 amide bonds. The predicted molar refractivity (Wildman–Crippen MR) is 66.6 cm³/mol. The summed E-state index contributed by atoms with van der Waals surface area (Å²) in [5.74, 6) is 0. The van der Waals surface area contributed by atoms with Crippen LogP contribution in [0.2, 0.25) is 0 Å². The van der Waals surface area contributed by atoms with Gasteiger partial charge in [0.2, 0.25) is 0 Å². The third-order valence-electron chi connectivity index (χ3n) is 2.71. The topological polar surface area (TPSA) is 75.9 Å². The Morgan fingerprint density at radius 1 is 1.39 bits per heavy atom. The molecular weight excluding hydrogens is 230 g/mol. The van der Waals surface area contributed by atoms with Crippen LogP contribution in [0.3, 0.4) is 0 Å². The first-order valence-electron chi connectivity index (χ1n) is 5.93. The normalized spacial score (nSPS) is 12.6. The quantitative estimate of drug-likeness (QED) is 0.778. The third kappa shape index (κ3) is 3.35. The second-order valence-corrected chi connectivity index (χ2v) is 4.08. The molecule has 2 aromatic heterocycles. The van der Waals surface area contributed by atoms with E-state index < -0.39 is 0 Å². The summed E-state index contributed by atoms with van der Waals surface area (Å²) >= 11 is 0. The van der Waals surface area contributed by atoms with E-state index in [1.807, 2.05) is 18.3 Å². The summed E-state index contributed by atoms with van der Waals surface area (Å²) in [4.78, 5) is 3.99. The highest BCUT2D eigenvalue weighted by molar-refractivity contribution is 5.14. The van der Waals surface area contributed by atoms with E-state index in [9.17, 15) is 0 Å². The molecule has 1 atom stereocenters. The van der Waals surface area contributed by atoms with Crippen molar-refractivity contribution in [3.8, 4) is 0 Å². The van der Waals surface area contributed by atoms with Crippen LogP contribution in [0.5, 0.6) is 0 Å². The zero-order chi connectivity index (χ0) is 12.8. The fourth-order valence-corrected chi connectivity index (χ4v) is 1.66. The molecule has 2 rings (SSSR count). The van der Waals surface area contributed by atoms with Gasteiger partial charge in [0, 0.05) is 31.2 Å². The molecule has 0 aliphatic heterocycles. The first-order valence-corrected chi connectivity index (χ1v) is 5.93. The van der Waals surface area contributed by atoms with Crippen LogP contribution in [-0.2, 0) is 13.1 Å². The van der Waals surface area contributed by atoms with E-state index >= 15 is 0 Å². The van der Waals surface area contributed by atoms with Gasteiger partial charge in [-0.2, -0.15) is 0 Å². The van der Waals surface area contributed by atoms with Crippen molar-refractivity contribution in [3.05, 3.63) is 42.0 Å². The van der Waals surface area contributed by atoms with Crippen molar-refractivity contribution in [2.75, 3.05) is 6.61 Å². The number of rotatable bonds is 6. The Kier molecular flexibility index (Phi) is 4.38. The summed E-state index contributed by atoms with van der Waals surface area (Å²) in [5.41, 5.74) is 2.05. The molecule has 6 nitrogen and oxygen atoms in total. The monoisotopic (exact) mass is 247 g/mol. The number of aromatic nitrogens is 4. The van der Waals surface area contributed by atoms with Crippen LogP contribution in [0, 0.1) is 0 Å². The van der Waals surface area contributed by atoms with Crippen LogP contribution >= 0.6 is 0 Å². The molecular formula is C12H17N5O. The average Bonchev–Trinajstić information content (AvgIpc) is 2.85. The lowest BCUT2D eigenvalue weighted by molar-refractivity contribution is 0.268. The second kappa shape index (κ2) is 6.23. The van der Waals surface area contributed by atoms with Crippen LogP contribution in [0.15, 0.2) is 30.7 Å². The molecule has 0 saturated heterocycles. The Morgan fingerprint density at radius 3 is 2.89 bits per heavy atom. The molecule has 0 bridgehead atoms. The van der Waals surface area contributed by atoms with Gasteiger partial charge in [-0.15, -0.1) is 5.10 Å². The van der Waals surface area contributed by atoms with Gasteiger partial charge in [-0.1, -0.05) is 5.21 Å². The predicted octanol–water partition coefficient (Wildman–Crippen LogP) is 0.516. The molecule has 0 aliphatic rings. The van der Waals surface area contributed by atoms with E-state index in [4.69, 9.17) is 5.11 Å². The highest BCUT2D eigenvalue weighted by Crippen LogP contribution is 2.10. The smallest absolute Gasteiger partial charge is 0.0965 e. The molecule has 2 heterocycles. The summed E-state index contributed by atoms with van der Waals surface area (Å²) < 4.78 is 1.63. The number of hydrogen-bond acceptors (Lipinski definition) is 5. The van der Waals surface area contributed by atoms with Crippen molar-refractivity contribution in [2.45, 2.75) is 26.1 Å². The zero-order valence-electron chi connectivity index (χ0n) is 10.3. The Labute approximate surface area is 106 Å². The van der Waals surface area contributed by atoms with Crippen molar-refractivity contribution in [3.63, 3.8) is 0 Å². The summed E-state index contributed by atoms with van der Waals surface area (Å²) in [5, 5.41) is 20.1. The highest BCUT2D eigenvalue weighted by atomic mass is 16.3. The van der Waals surface area contributed by atoms with E-state index in [1.54, 1.807) is 17.1 Å². The SMILES string of the molecule is C[C@@H](NCc1cn(CCO)nn1)c1ccncc1. The summed E-state index contributed by atoms with van der Waals surface area (Å²) in [7, 11) is 0. The molecule has 0 radical (unpaired) electrons. The maximum atomic E-state index is 8.79. The number of aliphatic hydroxyl groups is 1. The molecule has 6 heteroatoms. The lowest BCUT2D eigenvalue weighted by Gasteiger charge is -2.12. The lowest BCUT2D eigenvalue weighted by atomic mass is 10.1. The van der Waals surface area contributed by atoms with Crippen LogP contribution in [0.1, 0.15) is 24.2 Å². The zero-order valence-corrected chi connectivity index (χ0v) is 10.3. The van der Waals surface area contributed by atoms with Crippen molar-refractivity contribution in [1.82, 2.24) is 25.3 Å². The van der Waals surface area contributed by atoms with Gasteiger partial charge < -0.3 is 10.4 Å². The van der Waals surface area contributed by atoms with Gasteiger partial charge in [-0.25, -0.2) is 4.68 Å². The molecule has 2 N–H and O–H groups in total. The number of nitrogens with zero attached hydrogens (tertiary/aromatic N) is 4. The van der Waals surface area contributed by atoms with Crippen LogP contribution in [0.25, 0.3) is 0 Å². The number of nitrogens with one attached hydrogen (secondary N) is 1. The van der Waals surface area contributed by atoms with Gasteiger partial charge in [-0.05, 0) is 24.6 Å². The van der Waals surface area contributed by atoms with Gasteiger partial charge in [0.05, 0.1) is 18.8 Å². The standard InChI is InChI=1S/C12H17N5O/c1-10(11-2-4-13-5-3-11)14-8-12-9-17(6-7-18)16-15-12/h2-5,9-10,14,18H,6-8H2,1H3/t10-/m1/s1.